The molecule has 3 nitrogen and oxygen atoms in total. The zero-order valence-electron chi connectivity index (χ0n) is 8.00. The molecule has 0 spiro atoms. The van der Waals surface area contributed by atoms with Crippen molar-refractivity contribution < 1.29 is 4.39 Å². The number of aromatic nitrogens is 2. The standard InChI is InChI=1S/C9H14FN3/c1-12-4-3-7-5-11-13(2)9(7)8(10)6-12/h5,8H,3-4,6H2,1-2H3. The van der Waals surface area contributed by atoms with Crippen molar-refractivity contribution in [2.24, 2.45) is 7.05 Å². The van der Waals surface area contributed by atoms with Gasteiger partial charge in [0.15, 0.2) is 6.17 Å². The monoisotopic (exact) mass is 183 g/mol. The molecule has 1 aliphatic rings. The Balaban J connectivity index is 2.37. The molecule has 0 radical (unpaired) electrons. The van der Waals surface area contributed by atoms with E-state index in [1.165, 1.54) is 0 Å². The number of hydrogen-bond acceptors (Lipinski definition) is 2. The number of likely N-dealkylation sites (N-methyl/N-ethyl adjacent to an activating group) is 1. The number of nitrogens with zero attached hydrogens (tertiary/aromatic N) is 3. The SMILES string of the molecule is CN1CCc2cnn(C)c2C(F)C1. The van der Waals surface area contributed by atoms with E-state index in [-0.39, 0.29) is 0 Å². The molecule has 0 saturated carbocycles. The van der Waals surface area contributed by atoms with Gasteiger partial charge >= 0.3 is 0 Å². The van der Waals surface area contributed by atoms with Crippen LogP contribution in [0.25, 0.3) is 0 Å². The maximum absolute atomic E-state index is 13.7. The Kier molecular flexibility index (Phi) is 2.07. The minimum atomic E-state index is -0.894. The molecule has 1 aromatic heterocycles. The fourth-order valence-electron chi connectivity index (χ4n) is 1.85. The summed E-state index contributed by atoms with van der Waals surface area (Å²) in [6, 6.07) is 0. The Morgan fingerprint density at radius 2 is 2.31 bits per heavy atom. The van der Waals surface area contributed by atoms with Crippen LogP contribution in [0.5, 0.6) is 0 Å². The van der Waals surface area contributed by atoms with Crippen LogP contribution < -0.4 is 0 Å². The first kappa shape index (κ1) is 8.69. The zero-order chi connectivity index (χ0) is 9.42. The van der Waals surface area contributed by atoms with Crippen molar-refractivity contribution >= 4 is 0 Å². The summed E-state index contributed by atoms with van der Waals surface area (Å²) in [5.74, 6) is 0. The molecule has 1 atom stereocenters. The molecule has 0 saturated heterocycles. The predicted octanol–water partition coefficient (Wildman–Crippen LogP) is 0.919. The van der Waals surface area contributed by atoms with E-state index >= 15 is 0 Å². The maximum Gasteiger partial charge on any atom is 0.154 e. The van der Waals surface area contributed by atoms with Gasteiger partial charge in [-0.05, 0) is 19.0 Å². The van der Waals surface area contributed by atoms with Gasteiger partial charge in [-0.3, -0.25) is 4.68 Å². The molecular weight excluding hydrogens is 169 g/mol. The van der Waals surface area contributed by atoms with Crippen molar-refractivity contribution in [1.29, 1.82) is 0 Å². The van der Waals surface area contributed by atoms with E-state index in [1.54, 1.807) is 17.9 Å². The Hall–Kier alpha value is -0.900. The second-order valence-electron chi connectivity index (χ2n) is 3.66. The molecule has 1 unspecified atom stereocenters. The van der Waals surface area contributed by atoms with E-state index in [2.05, 4.69) is 5.10 Å². The summed E-state index contributed by atoms with van der Waals surface area (Å²) < 4.78 is 15.3. The smallest absolute Gasteiger partial charge is 0.154 e. The van der Waals surface area contributed by atoms with Gasteiger partial charge in [-0.1, -0.05) is 0 Å². The first-order valence-electron chi connectivity index (χ1n) is 4.52. The highest BCUT2D eigenvalue weighted by atomic mass is 19.1. The quantitative estimate of drug-likeness (QED) is 0.596. The zero-order valence-corrected chi connectivity index (χ0v) is 8.00. The van der Waals surface area contributed by atoms with Crippen molar-refractivity contribution in [3.63, 3.8) is 0 Å². The molecule has 0 fully saturated rings. The second-order valence-corrected chi connectivity index (χ2v) is 3.66. The first-order valence-corrected chi connectivity index (χ1v) is 4.52. The molecular formula is C9H14FN3. The number of rotatable bonds is 0. The lowest BCUT2D eigenvalue weighted by Gasteiger charge is -2.14. The minimum Gasteiger partial charge on any atom is -0.303 e. The third kappa shape index (κ3) is 1.46. The Labute approximate surface area is 77.1 Å². The Bertz CT molecular complexity index is 308. The van der Waals surface area contributed by atoms with Crippen molar-refractivity contribution in [3.8, 4) is 0 Å². The Morgan fingerprint density at radius 3 is 3.08 bits per heavy atom. The van der Waals surface area contributed by atoms with Crippen LogP contribution >= 0.6 is 0 Å². The van der Waals surface area contributed by atoms with Crippen LogP contribution in [-0.2, 0) is 13.5 Å². The maximum atomic E-state index is 13.7. The molecule has 0 N–H and O–H groups in total. The van der Waals surface area contributed by atoms with Gasteiger partial charge in [0.1, 0.15) is 0 Å². The number of aryl methyl sites for hydroxylation is 1. The average molecular weight is 183 g/mol. The second kappa shape index (κ2) is 3.10. The van der Waals surface area contributed by atoms with E-state index in [1.807, 2.05) is 11.9 Å². The van der Waals surface area contributed by atoms with Crippen molar-refractivity contribution in [1.82, 2.24) is 14.7 Å². The van der Waals surface area contributed by atoms with Gasteiger partial charge in [0.25, 0.3) is 0 Å². The lowest BCUT2D eigenvalue weighted by atomic mass is 10.1. The van der Waals surface area contributed by atoms with Gasteiger partial charge in [-0.15, -0.1) is 0 Å². The summed E-state index contributed by atoms with van der Waals surface area (Å²) in [4.78, 5) is 2.02. The molecule has 2 heterocycles. The summed E-state index contributed by atoms with van der Waals surface area (Å²) in [5.41, 5.74) is 1.81. The van der Waals surface area contributed by atoms with Crippen molar-refractivity contribution in [3.05, 3.63) is 17.5 Å². The third-order valence-corrected chi connectivity index (χ3v) is 2.60. The van der Waals surface area contributed by atoms with Gasteiger partial charge < -0.3 is 4.90 Å². The largest absolute Gasteiger partial charge is 0.303 e. The summed E-state index contributed by atoms with van der Waals surface area (Å²) in [6.07, 6.45) is 1.79. The van der Waals surface area contributed by atoms with Gasteiger partial charge in [0.2, 0.25) is 0 Å². The molecule has 1 aliphatic heterocycles. The van der Waals surface area contributed by atoms with Crippen LogP contribution in [0.2, 0.25) is 0 Å². The van der Waals surface area contributed by atoms with Crippen LogP contribution in [0.4, 0.5) is 4.39 Å². The average Bonchev–Trinajstić information content (AvgIpc) is 2.36. The van der Waals surface area contributed by atoms with E-state index in [4.69, 9.17) is 0 Å². The predicted molar refractivity (Wildman–Crippen MR) is 48.3 cm³/mol. The van der Waals surface area contributed by atoms with Crippen molar-refractivity contribution in [2.45, 2.75) is 12.6 Å². The lowest BCUT2D eigenvalue weighted by molar-refractivity contribution is 0.227. The fourth-order valence-corrected chi connectivity index (χ4v) is 1.85. The molecule has 0 aromatic carbocycles. The van der Waals surface area contributed by atoms with Crippen LogP contribution in [0, 0.1) is 0 Å². The van der Waals surface area contributed by atoms with Crippen LogP contribution in [-0.4, -0.2) is 34.8 Å². The van der Waals surface area contributed by atoms with E-state index in [0.29, 0.717) is 6.54 Å². The summed E-state index contributed by atoms with van der Waals surface area (Å²) in [6.45, 7) is 1.39. The highest BCUT2D eigenvalue weighted by Gasteiger charge is 2.23. The molecule has 4 heteroatoms. The summed E-state index contributed by atoms with van der Waals surface area (Å²) >= 11 is 0. The molecule has 72 valence electrons. The van der Waals surface area contributed by atoms with E-state index < -0.39 is 6.17 Å². The highest BCUT2D eigenvalue weighted by Crippen LogP contribution is 2.25. The van der Waals surface area contributed by atoms with Crippen LogP contribution in [0.1, 0.15) is 17.4 Å². The van der Waals surface area contributed by atoms with Gasteiger partial charge in [-0.2, -0.15) is 5.10 Å². The fraction of sp³-hybridized carbons (Fsp3) is 0.667. The van der Waals surface area contributed by atoms with E-state index in [0.717, 1.165) is 24.2 Å². The molecule has 1 aromatic rings. The normalized spacial score (nSPS) is 24.1. The van der Waals surface area contributed by atoms with E-state index in [9.17, 15) is 4.39 Å². The molecule has 2 rings (SSSR count). The molecule has 13 heavy (non-hydrogen) atoms. The van der Waals surface area contributed by atoms with Crippen LogP contribution in [0.3, 0.4) is 0 Å². The Morgan fingerprint density at radius 1 is 1.54 bits per heavy atom. The molecule has 0 amide bonds. The molecule has 0 bridgehead atoms. The number of halogens is 1. The number of alkyl halides is 1. The lowest BCUT2D eigenvalue weighted by Crippen LogP contribution is -2.23. The topological polar surface area (TPSA) is 21.1 Å². The minimum absolute atomic E-state index is 0.479. The number of hydrogen-bond donors (Lipinski definition) is 0. The van der Waals surface area contributed by atoms with Crippen molar-refractivity contribution in [2.75, 3.05) is 20.1 Å². The number of fused-ring (bicyclic) bond motifs is 1. The van der Waals surface area contributed by atoms with Gasteiger partial charge in [0, 0.05) is 20.1 Å². The van der Waals surface area contributed by atoms with Gasteiger partial charge in [0.05, 0.1) is 11.9 Å². The molecule has 0 aliphatic carbocycles. The van der Waals surface area contributed by atoms with Gasteiger partial charge in [-0.25, -0.2) is 4.39 Å². The first-order chi connectivity index (χ1) is 6.18. The summed E-state index contributed by atoms with van der Waals surface area (Å²) in [5, 5.41) is 4.07. The van der Waals surface area contributed by atoms with Crippen LogP contribution in [0.15, 0.2) is 6.20 Å². The highest BCUT2D eigenvalue weighted by molar-refractivity contribution is 5.22. The third-order valence-electron chi connectivity index (χ3n) is 2.60. The summed E-state index contributed by atoms with van der Waals surface area (Å²) in [7, 11) is 3.75.